The molecule has 0 bridgehead atoms. The van der Waals surface area contributed by atoms with Gasteiger partial charge in [-0.25, -0.2) is 0 Å². The molecule has 15 N–H and O–H groups in total. The van der Waals surface area contributed by atoms with E-state index >= 15 is 0 Å². The van der Waals surface area contributed by atoms with Crippen LogP contribution in [-0.4, -0.2) is 126 Å². The molecule has 8 amide bonds. The fourth-order valence-corrected chi connectivity index (χ4v) is 8.36. The highest BCUT2D eigenvalue weighted by Gasteiger charge is 2.36. The third kappa shape index (κ3) is 20.0. The molecule has 26 heteroatoms. The summed E-state index contributed by atoms with van der Waals surface area (Å²) in [5, 5.41) is 47.5. The number of nitro groups is 2. The summed E-state index contributed by atoms with van der Waals surface area (Å²) in [5.74, 6) is -7.07. The second-order valence-electron chi connectivity index (χ2n) is 19.7. The molecule has 2 unspecified atom stereocenters. The number of hydrogen-bond donors (Lipinski definition) is 12. The lowest BCUT2D eigenvalue weighted by molar-refractivity contribution is -0.393. The van der Waals surface area contributed by atoms with Crippen molar-refractivity contribution in [1.29, 1.82) is 0 Å². The van der Waals surface area contributed by atoms with Gasteiger partial charge in [-0.05, 0) is 86.9 Å². The van der Waals surface area contributed by atoms with Crippen LogP contribution in [0.25, 0.3) is 0 Å². The Balaban J connectivity index is 1.76. The Labute approximate surface area is 442 Å². The minimum Gasteiger partial charge on any atom is -0.384 e. The Hall–Kier alpha value is -7.48. The number of carbonyl (C=O) groups excluding carboxylic acids is 8. The van der Waals surface area contributed by atoms with E-state index < -0.39 is 123 Å². The molecule has 76 heavy (non-hydrogen) atoms. The quantitative estimate of drug-likeness (QED) is 0.0265. The summed E-state index contributed by atoms with van der Waals surface area (Å²) in [7, 11) is 0. The van der Waals surface area contributed by atoms with Crippen LogP contribution in [0, 0.1) is 38.0 Å². The van der Waals surface area contributed by atoms with E-state index in [0.29, 0.717) is 38.6 Å². The molecular weight excluding hydrogens is 989 g/mol. The zero-order chi connectivity index (χ0) is 56.6. The number of nitrogens with one attached hydrogen (secondary N) is 9. The molecule has 0 aliphatic carbocycles. The largest absolute Gasteiger partial charge is 0.384 e. The summed E-state index contributed by atoms with van der Waals surface area (Å²) in [5.41, 5.74) is 18.5. The van der Waals surface area contributed by atoms with Crippen molar-refractivity contribution in [3.8, 4) is 0 Å². The summed E-state index contributed by atoms with van der Waals surface area (Å²) in [6, 6.07) is 3.70. The van der Waals surface area contributed by atoms with Gasteiger partial charge in [0, 0.05) is 43.7 Å². The average Bonchev–Trinajstić information content (AvgIpc) is 3.78. The lowest BCUT2D eigenvalue weighted by Gasteiger charge is -2.30. The molecule has 8 atom stereocenters. The molecule has 0 aromatic heterocycles. The standard InChI is InChI=1S/C50H78N14O12/c1-7-30(6)44(48(70)57-27-40(53)65)62-50(72)43(29(4)5)61-46(68)37(16-10-11-21-51)59-49(71)42(28(2)3)60-47(69)38(58-45(67)34(52)24-31-26-56-35-15-9-8-14-33(31)35)19-20-41(66)55-23-13-12-22-54-36-18-17-32(63(73)74)25-39(36)64(75)76/h8-9,14-15,17-18,25,28-31,34,37-38,42-44,54,56H,7,10-13,16,19-24,26-27,51-52H2,1-6H3,(H2,53,65)(H,55,66)(H,57,70)(H,58,67)(H,59,71)(H,60,69)(H,61,68)(H,62,72)/t30?,31?,34-,37-,38-,42-,43-,44-/m0/s1. The van der Waals surface area contributed by atoms with Gasteiger partial charge in [-0.1, -0.05) is 66.2 Å². The Morgan fingerprint density at radius 2 is 1.29 bits per heavy atom. The predicted molar refractivity (Wildman–Crippen MR) is 284 cm³/mol. The number of nitrogens with zero attached hydrogens (tertiary/aromatic N) is 2. The minimum atomic E-state index is -1.36. The van der Waals surface area contributed by atoms with Crippen LogP contribution in [0.15, 0.2) is 42.5 Å². The number of amides is 8. The van der Waals surface area contributed by atoms with Crippen LogP contribution in [0.3, 0.4) is 0 Å². The van der Waals surface area contributed by atoms with Gasteiger partial charge in [-0.3, -0.25) is 58.6 Å². The van der Waals surface area contributed by atoms with Crippen LogP contribution in [0.4, 0.5) is 22.7 Å². The monoisotopic (exact) mass is 1070 g/mol. The molecule has 3 rings (SSSR count). The first-order valence-corrected chi connectivity index (χ1v) is 25.8. The van der Waals surface area contributed by atoms with Gasteiger partial charge in [-0.2, -0.15) is 0 Å². The van der Waals surface area contributed by atoms with Gasteiger partial charge in [0.1, 0.15) is 35.9 Å². The molecule has 1 aliphatic rings. The smallest absolute Gasteiger partial charge is 0.299 e. The van der Waals surface area contributed by atoms with Crippen molar-refractivity contribution in [2.75, 3.05) is 43.4 Å². The minimum absolute atomic E-state index is 0.0937. The molecule has 0 spiro atoms. The number of hydrogen-bond acceptors (Lipinski definition) is 16. The number of nitro benzene ring substituents is 2. The first kappa shape index (κ1) is 62.8. The third-order valence-corrected chi connectivity index (χ3v) is 13.0. The third-order valence-electron chi connectivity index (χ3n) is 13.0. The molecule has 1 heterocycles. The van der Waals surface area contributed by atoms with Crippen molar-refractivity contribution in [1.82, 2.24) is 37.2 Å². The zero-order valence-electron chi connectivity index (χ0n) is 44.2. The van der Waals surface area contributed by atoms with Crippen LogP contribution in [-0.2, 0) is 38.4 Å². The van der Waals surface area contributed by atoms with E-state index in [-0.39, 0.29) is 62.8 Å². The van der Waals surface area contributed by atoms with Gasteiger partial charge in [0.05, 0.1) is 28.5 Å². The lowest BCUT2D eigenvalue weighted by atomic mass is 9.93. The molecule has 0 saturated carbocycles. The van der Waals surface area contributed by atoms with Gasteiger partial charge < -0.3 is 65.1 Å². The van der Waals surface area contributed by atoms with Crippen molar-refractivity contribution >= 4 is 70.0 Å². The highest BCUT2D eigenvalue weighted by atomic mass is 16.6. The summed E-state index contributed by atoms with van der Waals surface area (Å²) in [4.78, 5) is 129. The van der Waals surface area contributed by atoms with Crippen LogP contribution in [0.1, 0.15) is 111 Å². The first-order valence-electron chi connectivity index (χ1n) is 25.8. The van der Waals surface area contributed by atoms with Crippen molar-refractivity contribution < 1.29 is 48.2 Å². The van der Waals surface area contributed by atoms with Crippen LogP contribution < -0.4 is 65.1 Å². The fraction of sp³-hybridized carbons (Fsp3) is 0.600. The number of non-ortho nitro benzene ring substituents is 1. The summed E-state index contributed by atoms with van der Waals surface area (Å²) in [6.07, 6.45) is 2.09. The number of nitrogens with two attached hydrogens (primary N) is 3. The van der Waals surface area contributed by atoms with E-state index in [0.717, 1.165) is 23.4 Å². The Morgan fingerprint density at radius 3 is 1.88 bits per heavy atom. The van der Waals surface area contributed by atoms with Gasteiger partial charge in [0.15, 0.2) is 0 Å². The topological polar surface area (TPSA) is 409 Å². The van der Waals surface area contributed by atoms with E-state index in [1.165, 1.54) is 6.07 Å². The number of benzene rings is 2. The van der Waals surface area contributed by atoms with Gasteiger partial charge >= 0.3 is 0 Å². The van der Waals surface area contributed by atoms with Crippen molar-refractivity contribution in [3.63, 3.8) is 0 Å². The lowest BCUT2D eigenvalue weighted by Crippen LogP contribution is -2.61. The molecule has 0 saturated heterocycles. The van der Waals surface area contributed by atoms with Crippen molar-refractivity contribution in [3.05, 3.63) is 68.3 Å². The number of rotatable bonds is 34. The summed E-state index contributed by atoms with van der Waals surface area (Å²) >= 11 is 0. The predicted octanol–water partition coefficient (Wildman–Crippen LogP) is 1.03. The number of anilines is 2. The number of fused-ring (bicyclic) bond motifs is 1. The van der Waals surface area contributed by atoms with E-state index in [2.05, 4.69) is 47.9 Å². The number of para-hydroxylation sites is 1. The number of carbonyl (C=O) groups is 8. The molecule has 1 aliphatic heterocycles. The van der Waals surface area contributed by atoms with Crippen LogP contribution >= 0.6 is 0 Å². The molecule has 420 valence electrons. The zero-order valence-corrected chi connectivity index (χ0v) is 44.2. The van der Waals surface area contributed by atoms with Crippen molar-refractivity contribution in [2.24, 2.45) is 35.0 Å². The van der Waals surface area contributed by atoms with E-state index in [1.807, 2.05) is 31.2 Å². The van der Waals surface area contributed by atoms with Crippen LogP contribution in [0.2, 0.25) is 0 Å². The van der Waals surface area contributed by atoms with Gasteiger partial charge in [-0.15, -0.1) is 0 Å². The summed E-state index contributed by atoms with van der Waals surface area (Å²) < 4.78 is 0. The second-order valence-corrected chi connectivity index (χ2v) is 19.7. The van der Waals surface area contributed by atoms with E-state index in [9.17, 15) is 58.6 Å². The number of primary amides is 1. The molecule has 0 fully saturated rings. The average molecular weight is 1070 g/mol. The van der Waals surface area contributed by atoms with Gasteiger partial charge in [0.25, 0.3) is 11.4 Å². The Kier molecular flexibility index (Phi) is 26.0. The normalized spacial score (nSPS) is 15.5. The second kappa shape index (κ2) is 31.4. The molecule has 2 aromatic carbocycles. The maximum Gasteiger partial charge on any atom is 0.299 e. The SMILES string of the molecule is CCC(C)[C@H](NC(=O)[C@@H](NC(=O)[C@H](CCCCN)NC(=O)[C@@H](NC(=O)[C@H](CCC(=O)NCCCCNc1ccc([N+](=O)[O-])cc1[N+](=O)[O-])NC(=O)[C@@H](N)CC1CNc2ccccc21)C(C)C)C(C)C)C(=O)NCC(N)=O. The molecular formula is C50H78N14O12. The number of unbranched alkanes of at least 4 members (excludes halogenated alkanes) is 2. The molecule has 0 radical (unpaired) electrons. The maximum atomic E-state index is 14.3. The summed E-state index contributed by atoms with van der Waals surface area (Å²) in [6.45, 7) is 11.0. The fourth-order valence-electron chi connectivity index (χ4n) is 8.36. The highest BCUT2D eigenvalue weighted by molar-refractivity contribution is 5.97. The molecule has 2 aromatic rings. The van der Waals surface area contributed by atoms with Crippen LogP contribution in [0.5, 0.6) is 0 Å². The van der Waals surface area contributed by atoms with E-state index in [1.54, 1.807) is 34.6 Å². The molecule has 26 nitrogen and oxygen atoms in total. The first-order chi connectivity index (χ1) is 36.0. The Bertz CT molecular complexity index is 2350. The van der Waals surface area contributed by atoms with Crippen molar-refractivity contribution in [2.45, 2.75) is 141 Å². The highest BCUT2D eigenvalue weighted by Crippen LogP contribution is 2.34. The van der Waals surface area contributed by atoms with Gasteiger partial charge in [0.2, 0.25) is 47.3 Å². The Morgan fingerprint density at radius 1 is 0.697 bits per heavy atom. The van der Waals surface area contributed by atoms with E-state index in [4.69, 9.17) is 17.2 Å². The maximum absolute atomic E-state index is 14.3.